The maximum Gasteiger partial charge on any atom is 0.174 e. The third-order valence-corrected chi connectivity index (χ3v) is 5.75. The van der Waals surface area contributed by atoms with Crippen LogP contribution in [-0.4, -0.2) is 45.3 Å². The van der Waals surface area contributed by atoms with Crippen LogP contribution in [0.2, 0.25) is 0 Å². The molecule has 1 aliphatic heterocycles. The summed E-state index contributed by atoms with van der Waals surface area (Å²) in [7, 11) is 1.69. The van der Waals surface area contributed by atoms with Crippen molar-refractivity contribution in [1.82, 2.24) is 25.1 Å². The van der Waals surface area contributed by atoms with E-state index in [1.807, 2.05) is 22.2 Å². The number of methoxy groups -OCH3 is 1. The molecule has 0 bridgehead atoms. The van der Waals surface area contributed by atoms with E-state index in [0.717, 1.165) is 36.0 Å². The molecule has 0 spiro atoms. The summed E-state index contributed by atoms with van der Waals surface area (Å²) < 4.78 is 7.34. The van der Waals surface area contributed by atoms with Gasteiger partial charge in [0.25, 0.3) is 0 Å². The number of tetrazole rings is 1. The van der Waals surface area contributed by atoms with Crippen LogP contribution in [0.25, 0.3) is 0 Å². The van der Waals surface area contributed by atoms with Crippen LogP contribution >= 0.6 is 11.3 Å². The van der Waals surface area contributed by atoms with Crippen molar-refractivity contribution in [1.29, 1.82) is 0 Å². The van der Waals surface area contributed by atoms with Gasteiger partial charge in [0.15, 0.2) is 5.82 Å². The topological polar surface area (TPSA) is 56.1 Å². The molecule has 0 saturated carbocycles. The van der Waals surface area contributed by atoms with Crippen LogP contribution in [0.1, 0.15) is 43.9 Å². The number of rotatable bonds is 6. The molecule has 1 atom stereocenters. The second kappa shape index (κ2) is 7.78. The van der Waals surface area contributed by atoms with Crippen molar-refractivity contribution < 1.29 is 4.74 Å². The molecule has 1 unspecified atom stereocenters. The summed E-state index contributed by atoms with van der Waals surface area (Å²) in [4.78, 5) is 3.57. The molecule has 2 aromatic rings. The smallest absolute Gasteiger partial charge is 0.174 e. The Hall–Kier alpha value is -2.25. The lowest BCUT2D eigenvalue weighted by Crippen LogP contribution is -2.38. The summed E-state index contributed by atoms with van der Waals surface area (Å²) in [6.45, 7) is 16.0. The first-order valence-corrected chi connectivity index (χ1v) is 9.89. The first-order chi connectivity index (χ1) is 12.9. The van der Waals surface area contributed by atoms with Gasteiger partial charge in [-0.25, -0.2) is 4.68 Å². The minimum absolute atomic E-state index is 0.0468. The molecule has 0 aromatic carbocycles. The highest BCUT2D eigenvalue weighted by atomic mass is 32.1. The molecule has 0 saturated heterocycles. The fourth-order valence-electron chi connectivity index (χ4n) is 3.37. The highest BCUT2D eigenvalue weighted by molar-refractivity contribution is 7.10. The third kappa shape index (κ3) is 3.89. The minimum atomic E-state index is -0.211. The molecule has 27 heavy (non-hydrogen) atoms. The Balaban J connectivity index is 2.07. The van der Waals surface area contributed by atoms with E-state index >= 15 is 0 Å². The van der Waals surface area contributed by atoms with Crippen LogP contribution in [0.4, 0.5) is 0 Å². The van der Waals surface area contributed by atoms with Gasteiger partial charge >= 0.3 is 0 Å². The van der Waals surface area contributed by atoms with E-state index in [2.05, 4.69) is 60.4 Å². The predicted octanol–water partition coefficient (Wildman–Crippen LogP) is 3.96. The van der Waals surface area contributed by atoms with Crippen LogP contribution in [0.5, 0.6) is 5.75 Å². The van der Waals surface area contributed by atoms with Gasteiger partial charge in [-0.05, 0) is 54.8 Å². The van der Waals surface area contributed by atoms with Crippen LogP contribution in [-0.2, 0) is 5.54 Å². The summed E-state index contributed by atoms with van der Waals surface area (Å²) in [6, 6.07) is 2.03. The van der Waals surface area contributed by atoms with Gasteiger partial charge in [-0.3, -0.25) is 4.90 Å². The summed E-state index contributed by atoms with van der Waals surface area (Å²) in [6.07, 6.45) is 4.81. The molecule has 3 heterocycles. The quantitative estimate of drug-likeness (QED) is 0.753. The van der Waals surface area contributed by atoms with Crippen molar-refractivity contribution in [2.75, 3.05) is 20.2 Å². The summed E-state index contributed by atoms with van der Waals surface area (Å²) in [5.74, 6) is 1.70. The maximum absolute atomic E-state index is 5.42. The van der Waals surface area contributed by atoms with Gasteiger partial charge in [0, 0.05) is 23.3 Å². The molecule has 0 fully saturated rings. The molecule has 6 nitrogen and oxygen atoms in total. The number of hydrogen-bond acceptors (Lipinski definition) is 6. The van der Waals surface area contributed by atoms with Crippen LogP contribution in [0.15, 0.2) is 47.9 Å². The lowest BCUT2D eigenvalue weighted by atomic mass is 9.97. The van der Waals surface area contributed by atoms with Gasteiger partial charge in [0.05, 0.1) is 12.6 Å². The van der Waals surface area contributed by atoms with Gasteiger partial charge in [-0.15, -0.1) is 16.4 Å². The molecule has 2 aromatic heterocycles. The average Bonchev–Trinajstić information content (AvgIpc) is 3.31. The Labute approximate surface area is 164 Å². The van der Waals surface area contributed by atoms with Crippen molar-refractivity contribution in [3.05, 3.63) is 58.6 Å². The zero-order valence-electron chi connectivity index (χ0n) is 16.5. The Kier molecular flexibility index (Phi) is 5.62. The molecular weight excluding hydrogens is 358 g/mol. The van der Waals surface area contributed by atoms with Crippen molar-refractivity contribution in [2.45, 2.75) is 38.8 Å². The number of hydrogen-bond donors (Lipinski definition) is 0. The second-order valence-corrected chi connectivity index (χ2v) is 8.53. The third-order valence-electron chi connectivity index (χ3n) is 4.79. The summed E-state index contributed by atoms with van der Waals surface area (Å²) >= 11 is 1.67. The molecular formula is C20H27N5OS. The summed E-state index contributed by atoms with van der Waals surface area (Å²) in [5, 5.41) is 14.7. The van der Waals surface area contributed by atoms with E-state index in [1.165, 1.54) is 11.1 Å². The molecule has 0 N–H and O–H groups in total. The number of aromatic nitrogens is 4. The van der Waals surface area contributed by atoms with Crippen molar-refractivity contribution >= 4 is 11.3 Å². The largest absolute Gasteiger partial charge is 0.496 e. The maximum atomic E-state index is 5.42. The fourth-order valence-corrected chi connectivity index (χ4v) is 4.35. The highest BCUT2D eigenvalue weighted by Gasteiger charge is 2.34. The van der Waals surface area contributed by atoms with Gasteiger partial charge < -0.3 is 4.74 Å². The fraction of sp³-hybridized carbons (Fsp3) is 0.450. The molecule has 1 aliphatic rings. The van der Waals surface area contributed by atoms with Gasteiger partial charge in [0.2, 0.25) is 0 Å². The van der Waals surface area contributed by atoms with Crippen LogP contribution in [0, 0.1) is 0 Å². The summed E-state index contributed by atoms with van der Waals surface area (Å²) in [5.41, 5.74) is 2.26. The zero-order valence-corrected chi connectivity index (χ0v) is 17.3. The number of allylic oxidation sites excluding steroid dienone is 1. The highest BCUT2D eigenvalue weighted by Crippen LogP contribution is 2.37. The molecule has 7 heteroatoms. The van der Waals surface area contributed by atoms with Crippen molar-refractivity contribution in [3.63, 3.8) is 0 Å². The van der Waals surface area contributed by atoms with E-state index in [9.17, 15) is 0 Å². The Morgan fingerprint density at radius 3 is 2.59 bits per heavy atom. The SMILES string of the molecule is C=CC1=C(C=C)CN(C(c2cc(OC)cs2)c2nnnn2C(C)(C)C)CC1. The zero-order chi connectivity index (χ0) is 19.6. The minimum Gasteiger partial charge on any atom is -0.496 e. The molecule has 144 valence electrons. The Morgan fingerprint density at radius 1 is 1.26 bits per heavy atom. The van der Waals surface area contributed by atoms with E-state index in [1.54, 1.807) is 18.4 Å². The van der Waals surface area contributed by atoms with Gasteiger partial charge in [-0.1, -0.05) is 25.3 Å². The van der Waals surface area contributed by atoms with E-state index in [-0.39, 0.29) is 11.6 Å². The molecule has 0 aliphatic carbocycles. The standard InChI is InChI=1S/C20H27N5OS/c1-7-14-9-10-24(12-15(14)8-2)18(17-11-16(26-6)13-27-17)19-21-22-23-25(19)20(3,4)5/h7-8,11,13,18H,1-2,9-10,12H2,3-6H3. The van der Waals surface area contributed by atoms with Gasteiger partial charge in [0.1, 0.15) is 11.8 Å². The lowest BCUT2D eigenvalue weighted by Gasteiger charge is -2.35. The molecule has 0 amide bonds. The first-order valence-electron chi connectivity index (χ1n) is 9.01. The predicted molar refractivity (Wildman–Crippen MR) is 109 cm³/mol. The average molecular weight is 386 g/mol. The number of nitrogens with zero attached hydrogens (tertiary/aromatic N) is 5. The number of thiophene rings is 1. The second-order valence-electron chi connectivity index (χ2n) is 7.59. The van der Waals surface area contributed by atoms with E-state index in [0.29, 0.717) is 0 Å². The monoisotopic (exact) mass is 385 g/mol. The Bertz CT molecular complexity index is 858. The van der Waals surface area contributed by atoms with Crippen molar-refractivity contribution in [3.8, 4) is 5.75 Å². The Morgan fingerprint density at radius 2 is 2.00 bits per heavy atom. The molecule has 0 radical (unpaired) electrons. The van der Waals surface area contributed by atoms with Crippen molar-refractivity contribution in [2.24, 2.45) is 0 Å². The van der Waals surface area contributed by atoms with E-state index in [4.69, 9.17) is 4.74 Å². The first kappa shape index (κ1) is 19.5. The lowest BCUT2D eigenvalue weighted by molar-refractivity contribution is 0.215. The molecule has 3 rings (SSSR count). The van der Waals surface area contributed by atoms with E-state index < -0.39 is 0 Å². The normalized spacial score (nSPS) is 17.0. The van der Waals surface area contributed by atoms with Crippen LogP contribution in [0.3, 0.4) is 0 Å². The van der Waals surface area contributed by atoms with Crippen LogP contribution < -0.4 is 4.74 Å². The van der Waals surface area contributed by atoms with Gasteiger partial charge in [-0.2, -0.15) is 0 Å². The number of ether oxygens (including phenoxy) is 1.